The van der Waals surface area contributed by atoms with E-state index in [0.29, 0.717) is 25.2 Å². The summed E-state index contributed by atoms with van der Waals surface area (Å²) in [5, 5.41) is 2.82. The van der Waals surface area contributed by atoms with Crippen LogP contribution in [0.5, 0.6) is 0 Å². The second kappa shape index (κ2) is 8.21. The fourth-order valence-corrected chi connectivity index (χ4v) is 4.79. The van der Waals surface area contributed by atoms with Crippen LogP contribution in [-0.4, -0.2) is 43.9 Å². The number of hydrogen-bond donors (Lipinski definition) is 1. The zero-order valence-corrected chi connectivity index (χ0v) is 16.3. The van der Waals surface area contributed by atoms with Gasteiger partial charge in [-0.2, -0.15) is 4.31 Å². The van der Waals surface area contributed by atoms with Gasteiger partial charge in [0, 0.05) is 25.2 Å². The van der Waals surface area contributed by atoms with Crippen LogP contribution >= 0.6 is 0 Å². The molecule has 7 heteroatoms. The molecule has 6 nitrogen and oxygen atoms in total. The highest BCUT2D eigenvalue weighted by Crippen LogP contribution is 2.22. The molecule has 0 aromatic heterocycles. The third-order valence-electron chi connectivity index (χ3n) is 4.42. The molecule has 1 saturated heterocycles. The van der Waals surface area contributed by atoms with Crippen molar-refractivity contribution in [2.45, 2.75) is 37.5 Å². The number of ether oxygens (including phenoxy) is 1. The number of benzene rings is 2. The van der Waals surface area contributed by atoms with E-state index in [1.807, 2.05) is 44.2 Å². The van der Waals surface area contributed by atoms with Gasteiger partial charge < -0.3 is 10.1 Å². The summed E-state index contributed by atoms with van der Waals surface area (Å²) < 4.78 is 33.0. The number of carbonyl (C=O) groups is 1. The maximum atomic E-state index is 13.0. The largest absolute Gasteiger partial charge is 0.373 e. The minimum absolute atomic E-state index is 0.121. The fraction of sp³-hybridized carbons (Fsp3) is 0.350. The molecule has 144 valence electrons. The molecule has 0 bridgehead atoms. The van der Waals surface area contributed by atoms with Gasteiger partial charge in [0.15, 0.2) is 0 Å². The molecule has 1 fully saturated rings. The van der Waals surface area contributed by atoms with Crippen molar-refractivity contribution in [2.75, 3.05) is 13.1 Å². The number of hydrogen-bond acceptors (Lipinski definition) is 4. The summed E-state index contributed by atoms with van der Waals surface area (Å²) in [5.41, 5.74) is 1.30. The second-order valence-electron chi connectivity index (χ2n) is 6.78. The molecule has 1 heterocycles. The third kappa shape index (κ3) is 4.74. The van der Waals surface area contributed by atoms with Gasteiger partial charge >= 0.3 is 0 Å². The lowest BCUT2D eigenvalue weighted by molar-refractivity contribution is -0.0440. The van der Waals surface area contributed by atoms with E-state index in [-0.39, 0.29) is 23.0 Å². The Balaban J connectivity index is 1.75. The van der Waals surface area contributed by atoms with Gasteiger partial charge in [-0.15, -0.1) is 0 Å². The van der Waals surface area contributed by atoms with Crippen molar-refractivity contribution in [1.29, 1.82) is 0 Å². The second-order valence-corrected chi connectivity index (χ2v) is 8.71. The Bertz CT molecular complexity index is 889. The Kier molecular flexibility index (Phi) is 5.94. The van der Waals surface area contributed by atoms with Crippen LogP contribution in [0.1, 0.15) is 29.8 Å². The van der Waals surface area contributed by atoms with E-state index >= 15 is 0 Å². The molecule has 3 rings (SSSR count). The van der Waals surface area contributed by atoms with E-state index in [0.717, 1.165) is 5.56 Å². The maximum absolute atomic E-state index is 13.0. The molecule has 0 saturated carbocycles. The van der Waals surface area contributed by atoms with E-state index in [1.54, 1.807) is 12.1 Å². The van der Waals surface area contributed by atoms with Gasteiger partial charge in [-0.05, 0) is 37.6 Å². The minimum Gasteiger partial charge on any atom is -0.373 e. The van der Waals surface area contributed by atoms with Crippen molar-refractivity contribution in [3.63, 3.8) is 0 Å². The normalized spacial score (nSPS) is 21.0. The molecular weight excluding hydrogens is 364 g/mol. The summed E-state index contributed by atoms with van der Waals surface area (Å²) >= 11 is 0. The average molecular weight is 388 g/mol. The van der Waals surface area contributed by atoms with Crippen LogP contribution in [0.25, 0.3) is 0 Å². The van der Waals surface area contributed by atoms with Gasteiger partial charge in [-0.25, -0.2) is 8.42 Å². The molecule has 2 unspecified atom stereocenters. The highest BCUT2D eigenvalue weighted by atomic mass is 32.2. The molecule has 0 radical (unpaired) electrons. The molecule has 2 atom stereocenters. The lowest BCUT2D eigenvalue weighted by atomic mass is 10.2. The fourth-order valence-electron chi connectivity index (χ4n) is 3.15. The zero-order valence-electron chi connectivity index (χ0n) is 15.5. The summed E-state index contributed by atoms with van der Waals surface area (Å²) in [6, 6.07) is 15.7. The molecule has 27 heavy (non-hydrogen) atoms. The van der Waals surface area contributed by atoms with E-state index < -0.39 is 10.0 Å². The van der Waals surface area contributed by atoms with Crippen molar-refractivity contribution in [1.82, 2.24) is 9.62 Å². The highest BCUT2D eigenvalue weighted by Gasteiger charge is 2.32. The Hall–Kier alpha value is -2.22. The topological polar surface area (TPSA) is 75.7 Å². The molecular formula is C20H24N2O4S. The van der Waals surface area contributed by atoms with Gasteiger partial charge in [-0.3, -0.25) is 4.79 Å². The molecule has 0 spiro atoms. The molecule has 2 aromatic carbocycles. The quantitative estimate of drug-likeness (QED) is 0.854. The Morgan fingerprint density at radius 3 is 2.41 bits per heavy atom. The number of nitrogens with zero attached hydrogens (tertiary/aromatic N) is 1. The third-order valence-corrected chi connectivity index (χ3v) is 6.24. The molecule has 1 aliphatic heterocycles. The van der Waals surface area contributed by atoms with E-state index in [9.17, 15) is 13.2 Å². The minimum atomic E-state index is -3.68. The maximum Gasteiger partial charge on any atom is 0.251 e. The van der Waals surface area contributed by atoms with Crippen LogP contribution in [0.3, 0.4) is 0 Å². The number of morpholine rings is 1. The number of nitrogens with one attached hydrogen (secondary N) is 1. The van der Waals surface area contributed by atoms with Crippen molar-refractivity contribution in [3.05, 3.63) is 65.7 Å². The molecule has 1 N–H and O–H groups in total. The summed E-state index contributed by atoms with van der Waals surface area (Å²) in [6.45, 7) is 4.70. The van der Waals surface area contributed by atoms with Gasteiger partial charge in [0.2, 0.25) is 10.0 Å². The van der Waals surface area contributed by atoms with E-state index in [1.165, 1.54) is 16.4 Å². The molecule has 0 aliphatic carbocycles. The average Bonchev–Trinajstić information content (AvgIpc) is 2.66. The van der Waals surface area contributed by atoms with Crippen molar-refractivity contribution in [2.24, 2.45) is 0 Å². The SMILES string of the molecule is CC1CN(S(=O)(=O)c2cccc(C(=O)NCc3ccccc3)c2)CC(C)O1. The summed E-state index contributed by atoms with van der Waals surface area (Å²) in [5.74, 6) is -0.306. The highest BCUT2D eigenvalue weighted by molar-refractivity contribution is 7.89. The van der Waals surface area contributed by atoms with Crippen LogP contribution in [0, 0.1) is 0 Å². The van der Waals surface area contributed by atoms with Gasteiger partial charge in [0.1, 0.15) is 0 Å². The first-order chi connectivity index (χ1) is 12.9. The van der Waals surface area contributed by atoms with Crippen molar-refractivity contribution >= 4 is 15.9 Å². The predicted molar refractivity (Wildman–Crippen MR) is 103 cm³/mol. The lowest BCUT2D eigenvalue weighted by Crippen LogP contribution is -2.48. The number of rotatable bonds is 5. The van der Waals surface area contributed by atoms with Gasteiger partial charge in [-0.1, -0.05) is 36.4 Å². The first kappa shape index (κ1) is 19.5. The number of amides is 1. The Morgan fingerprint density at radius 2 is 1.74 bits per heavy atom. The van der Waals surface area contributed by atoms with Gasteiger partial charge in [0.05, 0.1) is 17.1 Å². The summed E-state index contributed by atoms with van der Waals surface area (Å²) in [7, 11) is -3.68. The van der Waals surface area contributed by atoms with E-state index in [4.69, 9.17) is 4.74 Å². The van der Waals surface area contributed by atoms with Crippen LogP contribution in [0.4, 0.5) is 0 Å². The van der Waals surface area contributed by atoms with Crippen LogP contribution in [0.2, 0.25) is 0 Å². The standard InChI is InChI=1S/C20H24N2O4S/c1-15-13-22(14-16(2)26-15)27(24,25)19-10-6-9-18(11-19)20(23)21-12-17-7-4-3-5-8-17/h3-11,15-16H,12-14H2,1-2H3,(H,21,23). The lowest BCUT2D eigenvalue weighted by Gasteiger charge is -2.34. The number of sulfonamides is 1. The van der Waals surface area contributed by atoms with E-state index in [2.05, 4.69) is 5.32 Å². The Morgan fingerprint density at radius 1 is 1.07 bits per heavy atom. The van der Waals surface area contributed by atoms with Crippen LogP contribution in [-0.2, 0) is 21.3 Å². The smallest absolute Gasteiger partial charge is 0.251 e. The van der Waals surface area contributed by atoms with Crippen LogP contribution in [0.15, 0.2) is 59.5 Å². The summed E-state index contributed by atoms with van der Waals surface area (Å²) in [4.78, 5) is 12.6. The van der Waals surface area contributed by atoms with Crippen molar-refractivity contribution in [3.8, 4) is 0 Å². The number of carbonyl (C=O) groups excluding carboxylic acids is 1. The van der Waals surface area contributed by atoms with Gasteiger partial charge in [0.25, 0.3) is 5.91 Å². The predicted octanol–water partition coefficient (Wildman–Crippen LogP) is 2.41. The molecule has 2 aromatic rings. The Labute approximate surface area is 160 Å². The first-order valence-corrected chi connectivity index (χ1v) is 10.4. The molecule has 1 aliphatic rings. The zero-order chi connectivity index (χ0) is 19.4. The first-order valence-electron chi connectivity index (χ1n) is 8.94. The van der Waals surface area contributed by atoms with Crippen LogP contribution < -0.4 is 5.32 Å². The summed E-state index contributed by atoms with van der Waals surface area (Å²) in [6.07, 6.45) is -0.332. The molecule has 1 amide bonds. The van der Waals surface area contributed by atoms with Crippen molar-refractivity contribution < 1.29 is 17.9 Å². The monoisotopic (exact) mass is 388 g/mol.